The molecule has 0 aromatic rings. The summed E-state index contributed by atoms with van der Waals surface area (Å²) in [7, 11) is 0. The van der Waals surface area contributed by atoms with Crippen LogP contribution >= 0.6 is 0 Å². The van der Waals surface area contributed by atoms with Crippen LogP contribution in [-0.2, 0) is 9.47 Å². The number of hydrogen-bond acceptors (Lipinski definition) is 3. The summed E-state index contributed by atoms with van der Waals surface area (Å²) in [6.07, 6.45) is 2.24. The van der Waals surface area contributed by atoms with Gasteiger partial charge in [-0.1, -0.05) is 13.8 Å². The van der Waals surface area contributed by atoms with E-state index in [0.29, 0.717) is 12.6 Å². The molecule has 1 unspecified atom stereocenters. The fraction of sp³-hybridized carbons (Fsp3) is 0.923. The highest BCUT2D eigenvalue weighted by atomic mass is 16.6. The molecule has 0 spiro atoms. The Morgan fingerprint density at radius 2 is 1.94 bits per heavy atom. The third-order valence-electron chi connectivity index (χ3n) is 2.66. The zero-order valence-electron chi connectivity index (χ0n) is 11.6. The number of rotatable bonds is 5. The Morgan fingerprint density at radius 3 is 2.41 bits per heavy atom. The van der Waals surface area contributed by atoms with Crippen molar-refractivity contribution in [2.75, 3.05) is 13.2 Å². The highest BCUT2D eigenvalue weighted by Crippen LogP contribution is 2.26. The summed E-state index contributed by atoms with van der Waals surface area (Å²) >= 11 is 0. The first-order valence-corrected chi connectivity index (χ1v) is 6.26. The number of ether oxygens (including phenoxy) is 2. The molecule has 1 heterocycles. The van der Waals surface area contributed by atoms with Gasteiger partial charge in [-0.3, -0.25) is 0 Å². The van der Waals surface area contributed by atoms with Crippen LogP contribution in [0.2, 0.25) is 0 Å². The van der Waals surface area contributed by atoms with E-state index < -0.39 is 5.60 Å². The molecule has 1 aliphatic heterocycles. The Labute approximate surface area is 104 Å². The zero-order valence-corrected chi connectivity index (χ0v) is 11.6. The molecular formula is C13H25NO3. The molecule has 1 rings (SSSR count). The summed E-state index contributed by atoms with van der Waals surface area (Å²) < 4.78 is 10.4. The van der Waals surface area contributed by atoms with Crippen LogP contribution in [0.15, 0.2) is 0 Å². The molecule has 1 aliphatic rings. The molecule has 1 atom stereocenters. The van der Waals surface area contributed by atoms with E-state index in [0.717, 1.165) is 19.4 Å². The van der Waals surface area contributed by atoms with Gasteiger partial charge in [-0.15, -0.1) is 0 Å². The van der Waals surface area contributed by atoms with E-state index in [1.807, 2.05) is 20.8 Å². The summed E-state index contributed by atoms with van der Waals surface area (Å²) in [4.78, 5) is 11.5. The molecule has 1 fully saturated rings. The zero-order chi connectivity index (χ0) is 13.1. The first-order chi connectivity index (χ1) is 7.68. The second kappa shape index (κ2) is 5.25. The van der Waals surface area contributed by atoms with Crippen molar-refractivity contribution in [1.82, 2.24) is 5.32 Å². The number of amides is 1. The number of carbonyl (C=O) groups is 1. The lowest BCUT2D eigenvalue weighted by atomic mass is 9.87. The molecule has 0 saturated carbocycles. The fourth-order valence-corrected chi connectivity index (χ4v) is 1.50. The predicted molar refractivity (Wildman–Crippen MR) is 67.0 cm³/mol. The van der Waals surface area contributed by atoms with E-state index in [2.05, 4.69) is 19.2 Å². The Morgan fingerprint density at radius 1 is 1.35 bits per heavy atom. The molecule has 0 aromatic carbocycles. The van der Waals surface area contributed by atoms with Crippen LogP contribution in [0.1, 0.15) is 47.5 Å². The van der Waals surface area contributed by atoms with E-state index in [1.54, 1.807) is 0 Å². The van der Waals surface area contributed by atoms with Crippen molar-refractivity contribution in [3.05, 3.63) is 0 Å². The third kappa shape index (κ3) is 7.21. The van der Waals surface area contributed by atoms with Gasteiger partial charge < -0.3 is 14.8 Å². The van der Waals surface area contributed by atoms with Crippen LogP contribution in [-0.4, -0.2) is 30.9 Å². The average molecular weight is 243 g/mol. The lowest BCUT2D eigenvalue weighted by Gasteiger charge is -2.26. The number of hydrogen-bond donors (Lipinski definition) is 1. The first-order valence-electron chi connectivity index (χ1n) is 6.26. The molecule has 1 amide bonds. The van der Waals surface area contributed by atoms with Crippen molar-refractivity contribution in [2.24, 2.45) is 5.41 Å². The third-order valence-corrected chi connectivity index (χ3v) is 2.66. The predicted octanol–water partition coefficient (Wildman–Crippen LogP) is 2.72. The van der Waals surface area contributed by atoms with Gasteiger partial charge in [0.05, 0.1) is 12.7 Å². The van der Waals surface area contributed by atoms with Crippen LogP contribution in [0.5, 0.6) is 0 Å². The summed E-state index contributed by atoms with van der Waals surface area (Å²) in [5, 5.41) is 2.82. The van der Waals surface area contributed by atoms with Crippen LogP contribution in [0, 0.1) is 5.41 Å². The maximum absolute atomic E-state index is 11.5. The summed E-state index contributed by atoms with van der Waals surface area (Å²) in [6, 6.07) is 0. The molecule has 100 valence electrons. The molecule has 1 saturated heterocycles. The average Bonchev–Trinajstić information content (AvgIpc) is 2.93. The first kappa shape index (κ1) is 14.3. The van der Waals surface area contributed by atoms with Gasteiger partial charge in [0.2, 0.25) is 0 Å². The number of carbonyl (C=O) groups excluding carboxylic acids is 1. The van der Waals surface area contributed by atoms with Crippen molar-refractivity contribution >= 4 is 6.09 Å². The highest BCUT2D eigenvalue weighted by Gasteiger charge is 2.27. The largest absolute Gasteiger partial charge is 0.444 e. The van der Waals surface area contributed by atoms with Gasteiger partial charge in [-0.25, -0.2) is 4.79 Å². The summed E-state index contributed by atoms with van der Waals surface area (Å²) in [5.74, 6) is 0. The van der Waals surface area contributed by atoms with E-state index in [1.165, 1.54) is 0 Å². The molecular weight excluding hydrogens is 218 g/mol. The van der Waals surface area contributed by atoms with Gasteiger partial charge in [0, 0.05) is 6.54 Å². The minimum Gasteiger partial charge on any atom is -0.444 e. The molecule has 0 aromatic heterocycles. The van der Waals surface area contributed by atoms with Crippen molar-refractivity contribution in [3.8, 4) is 0 Å². The van der Waals surface area contributed by atoms with E-state index in [-0.39, 0.29) is 11.5 Å². The normalized spacial score (nSPS) is 19.9. The Balaban J connectivity index is 2.20. The Hall–Kier alpha value is -0.770. The maximum Gasteiger partial charge on any atom is 0.407 e. The van der Waals surface area contributed by atoms with Gasteiger partial charge in [0.15, 0.2) is 0 Å². The topological polar surface area (TPSA) is 50.9 Å². The van der Waals surface area contributed by atoms with Crippen molar-refractivity contribution in [3.63, 3.8) is 0 Å². The Bertz CT molecular complexity index is 264. The second-order valence-electron chi connectivity index (χ2n) is 6.51. The van der Waals surface area contributed by atoms with Gasteiger partial charge in [0.1, 0.15) is 5.60 Å². The van der Waals surface area contributed by atoms with Crippen LogP contribution in [0.25, 0.3) is 0 Å². The standard InChI is InChI=1S/C13H25NO3/c1-12(2,3)17-11(15)14-9-13(4,5)7-6-10-8-16-10/h10H,6-9H2,1-5H3,(H,14,15). The van der Waals surface area contributed by atoms with Gasteiger partial charge in [-0.05, 0) is 39.0 Å². The van der Waals surface area contributed by atoms with Crippen molar-refractivity contribution in [2.45, 2.75) is 59.2 Å². The summed E-state index contributed by atoms with van der Waals surface area (Å²) in [5.41, 5.74) is -0.348. The van der Waals surface area contributed by atoms with Crippen LogP contribution in [0.4, 0.5) is 4.79 Å². The van der Waals surface area contributed by atoms with Gasteiger partial charge in [0.25, 0.3) is 0 Å². The minimum atomic E-state index is -0.434. The second-order valence-corrected chi connectivity index (χ2v) is 6.51. The smallest absolute Gasteiger partial charge is 0.407 e. The quantitative estimate of drug-likeness (QED) is 0.755. The highest BCUT2D eigenvalue weighted by molar-refractivity contribution is 5.67. The molecule has 0 bridgehead atoms. The van der Waals surface area contributed by atoms with Gasteiger partial charge in [-0.2, -0.15) is 0 Å². The summed E-state index contributed by atoms with van der Waals surface area (Å²) in [6.45, 7) is 11.4. The fourth-order valence-electron chi connectivity index (χ4n) is 1.50. The van der Waals surface area contributed by atoms with Crippen LogP contribution in [0.3, 0.4) is 0 Å². The number of alkyl carbamates (subject to hydrolysis) is 1. The number of nitrogens with one attached hydrogen (secondary N) is 1. The van der Waals surface area contributed by atoms with E-state index in [9.17, 15) is 4.79 Å². The molecule has 4 heteroatoms. The lowest BCUT2D eigenvalue weighted by molar-refractivity contribution is 0.0504. The monoisotopic (exact) mass is 243 g/mol. The SMILES string of the molecule is CC(C)(CCC1CO1)CNC(=O)OC(C)(C)C. The minimum absolute atomic E-state index is 0.0862. The lowest BCUT2D eigenvalue weighted by Crippen LogP contribution is -2.38. The molecule has 17 heavy (non-hydrogen) atoms. The molecule has 0 aliphatic carbocycles. The molecule has 0 radical (unpaired) electrons. The molecule has 1 N–H and O–H groups in total. The van der Waals surface area contributed by atoms with E-state index >= 15 is 0 Å². The Kier molecular flexibility index (Phi) is 4.42. The van der Waals surface area contributed by atoms with E-state index in [4.69, 9.17) is 9.47 Å². The maximum atomic E-state index is 11.5. The van der Waals surface area contributed by atoms with Crippen LogP contribution < -0.4 is 5.32 Å². The number of epoxide rings is 1. The molecule has 4 nitrogen and oxygen atoms in total. The van der Waals surface area contributed by atoms with Crippen molar-refractivity contribution in [1.29, 1.82) is 0 Å². The van der Waals surface area contributed by atoms with Gasteiger partial charge >= 0.3 is 6.09 Å². The van der Waals surface area contributed by atoms with Crippen molar-refractivity contribution < 1.29 is 14.3 Å².